The van der Waals surface area contributed by atoms with Gasteiger partial charge in [-0.1, -0.05) is 11.8 Å². The molecule has 0 fully saturated rings. The van der Waals surface area contributed by atoms with Crippen LogP contribution in [0.2, 0.25) is 0 Å². The number of thioether (sulfide) groups is 1. The molecule has 7 heteroatoms. The van der Waals surface area contributed by atoms with E-state index in [0.717, 1.165) is 36.5 Å². The smallest absolute Gasteiger partial charge is 0.256 e. The summed E-state index contributed by atoms with van der Waals surface area (Å²) in [5.41, 5.74) is 2.76. The van der Waals surface area contributed by atoms with E-state index in [1.807, 2.05) is 24.1 Å². The van der Waals surface area contributed by atoms with Gasteiger partial charge in [0.05, 0.1) is 23.3 Å². The van der Waals surface area contributed by atoms with Crippen molar-refractivity contribution in [3.63, 3.8) is 0 Å². The van der Waals surface area contributed by atoms with Crippen LogP contribution in [-0.2, 0) is 26.6 Å². The predicted octanol–water partition coefficient (Wildman–Crippen LogP) is 0.784. The van der Waals surface area contributed by atoms with Gasteiger partial charge >= 0.3 is 0 Å². The highest BCUT2D eigenvalue weighted by Gasteiger charge is 2.21. The Bertz CT molecular complexity index is 678. The molecule has 0 unspecified atom stereocenters. The van der Waals surface area contributed by atoms with Crippen LogP contribution in [-0.4, -0.2) is 37.2 Å². The highest BCUT2D eigenvalue weighted by Crippen LogP contribution is 2.17. The maximum absolute atomic E-state index is 12.1. The first-order chi connectivity index (χ1) is 9.65. The fraction of sp³-hybridized carbons (Fsp3) is 0.462. The molecule has 0 saturated carbocycles. The minimum atomic E-state index is -0.00919. The Morgan fingerprint density at radius 1 is 1.50 bits per heavy atom. The van der Waals surface area contributed by atoms with Gasteiger partial charge in [0, 0.05) is 39.3 Å². The number of hydrogen-bond donors (Lipinski definition) is 1. The number of rotatable bonds is 3. The summed E-state index contributed by atoms with van der Waals surface area (Å²) in [6.45, 7) is 2.32. The average molecular weight is 291 g/mol. The Kier molecular flexibility index (Phi) is 3.62. The minimum absolute atomic E-state index is 0.00919. The van der Waals surface area contributed by atoms with Crippen LogP contribution < -0.4 is 5.56 Å². The maximum Gasteiger partial charge on any atom is 0.256 e. The van der Waals surface area contributed by atoms with E-state index in [1.165, 1.54) is 11.8 Å². The second-order valence-corrected chi connectivity index (χ2v) is 5.79. The van der Waals surface area contributed by atoms with Gasteiger partial charge in [-0.3, -0.25) is 9.69 Å². The quantitative estimate of drug-likeness (QED) is 0.669. The van der Waals surface area contributed by atoms with Crippen LogP contribution in [0.15, 0.2) is 22.5 Å². The van der Waals surface area contributed by atoms with Gasteiger partial charge in [0.1, 0.15) is 0 Å². The number of nitrogens with zero attached hydrogens (tertiary/aromatic N) is 4. The molecule has 0 spiro atoms. The summed E-state index contributed by atoms with van der Waals surface area (Å²) in [5, 5.41) is 0.701. The number of fused-ring (bicyclic) bond motifs is 1. The molecule has 2 aromatic heterocycles. The number of nitrogens with one attached hydrogen (secondary N) is 1. The number of hydrogen-bond acceptors (Lipinski definition) is 5. The first-order valence-electron chi connectivity index (χ1n) is 6.51. The van der Waals surface area contributed by atoms with Crippen molar-refractivity contribution in [3.05, 3.63) is 39.8 Å². The topological polar surface area (TPSA) is 66.8 Å². The minimum Gasteiger partial charge on any atom is -0.340 e. The van der Waals surface area contributed by atoms with Crippen molar-refractivity contribution < 1.29 is 0 Å². The summed E-state index contributed by atoms with van der Waals surface area (Å²) >= 11 is 1.47. The molecule has 0 radical (unpaired) electrons. The van der Waals surface area contributed by atoms with Crippen LogP contribution in [0.4, 0.5) is 0 Å². The fourth-order valence-corrected chi connectivity index (χ4v) is 2.86. The first kappa shape index (κ1) is 13.4. The molecule has 3 rings (SSSR count). The molecule has 6 nitrogen and oxygen atoms in total. The molecule has 3 heterocycles. The molecule has 1 aliphatic rings. The Hall–Kier alpha value is -1.60. The van der Waals surface area contributed by atoms with Gasteiger partial charge in [0.25, 0.3) is 5.56 Å². The average Bonchev–Trinajstić information content (AvgIpc) is 2.84. The summed E-state index contributed by atoms with van der Waals surface area (Å²) in [4.78, 5) is 26.0. The summed E-state index contributed by atoms with van der Waals surface area (Å²) in [7, 11) is 1.96. The van der Waals surface area contributed by atoms with E-state index in [0.29, 0.717) is 11.7 Å². The van der Waals surface area contributed by atoms with Crippen LogP contribution in [0.1, 0.15) is 17.0 Å². The van der Waals surface area contributed by atoms with E-state index in [-0.39, 0.29) is 5.56 Å². The molecular weight excluding hydrogens is 274 g/mol. The standard InChI is InChI=1S/C13H17N5OS/c1-17-5-9(14-8-17)6-18-4-3-11-10(7-18)12(19)16-13(15-11)20-2/h5,8H,3-4,6-7H2,1-2H3,(H,15,16,19). The molecule has 20 heavy (non-hydrogen) atoms. The van der Waals surface area contributed by atoms with Crippen LogP contribution in [0.5, 0.6) is 0 Å². The lowest BCUT2D eigenvalue weighted by Gasteiger charge is -2.26. The van der Waals surface area contributed by atoms with Crippen molar-refractivity contribution >= 4 is 11.8 Å². The van der Waals surface area contributed by atoms with Gasteiger partial charge in [-0.2, -0.15) is 0 Å². The summed E-state index contributed by atoms with van der Waals surface area (Å²) < 4.78 is 1.94. The van der Waals surface area contributed by atoms with Crippen LogP contribution in [0, 0.1) is 0 Å². The molecule has 0 amide bonds. The fourth-order valence-electron chi connectivity index (χ4n) is 2.47. The molecule has 0 saturated heterocycles. The summed E-state index contributed by atoms with van der Waals surface area (Å²) in [5.74, 6) is 0. The largest absolute Gasteiger partial charge is 0.340 e. The monoisotopic (exact) mass is 291 g/mol. The van der Waals surface area contributed by atoms with Crippen molar-refractivity contribution in [2.24, 2.45) is 7.05 Å². The van der Waals surface area contributed by atoms with Crippen molar-refractivity contribution in [2.45, 2.75) is 24.7 Å². The number of aromatic amines is 1. The van der Waals surface area contributed by atoms with E-state index >= 15 is 0 Å². The molecule has 106 valence electrons. The molecule has 1 aliphatic heterocycles. The number of aryl methyl sites for hydroxylation is 1. The Morgan fingerprint density at radius 3 is 3.05 bits per heavy atom. The van der Waals surface area contributed by atoms with Gasteiger partial charge in [-0.15, -0.1) is 0 Å². The van der Waals surface area contributed by atoms with Gasteiger partial charge in [-0.25, -0.2) is 9.97 Å². The molecule has 0 atom stereocenters. The van der Waals surface area contributed by atoms with Gasteiger partial charge < -0.3 is 9.55 Å². The Morgan fingerprint density at radius 2 is 2.35 bits per heavy atom. The molecule has 1 N–H and O–H groups in total. The summed E-state index contributed by atoms with van der Waals surface area (Å²) in [6.07, 6.45) is 6.54. The predicted molar refractivity (Wildman–Crippen MR) is 77.7 cm³/mol. The number of H-pyrrole nitrogens is 1. The van der Waals surface area contributed by atoms with Crippen LogP contribution in [0.3, 0.4) is 0 Å². The summed E-state index contributed by atoms with van der Waals surface area (Å²) in [6, 6.07) is 0. The number of aromatic nitrogens is 4. The SMILES string of the molecule is CSc1nc2c(c(=O)[nH]1)CN(Cc1cn(C)cn1)CC2. The third-order valence-electron chi connectivity index (χ3n) is 3.46. The lowest BCUT2D eigenvalue weighted by atomic mass is 10.1. The lowest BCUT2D eigenvalue weighted by molar-refractivity contribution is 0.238. The zero-order valence-corrected chi connectivity index (χ0v) is 12.4. The zero-order valence-electron chi connectivity index (χ0n) is 11.6. The van der Waals surface area contributed by atoms with Crippen LogP contribution in [0.25, 0.3) is 0 Å². The second-order valence-electron chi connectivity index (χ2n) is 4.99. The highest BCUT2D eigenvalue weighted by atomic mass is 32.2. The van der Waals surface area contributed by atoms with Crippen molar-refractivity contribution in [2.75, 3.05) is 12.8 Å². The van der Waals surface area contributed by atoms with E-state index < -0.39 is 0 Å². The van der Waals surface area contributed by atoms with E-state index in [9.17, 15) is 4.79 Å². The maximum atomic E-state index is 12.1. The Balaban J connectivity index is 1.80. The zero-order chi connectivity index (χ0) is 14.1. The molecular formula is C13H17N5OS. The normalized spacial score (nSPS) is 15.3. The van der Waals surface area contributed by atoms with Crippen molar-refractivity contribution in [1.82, 2.24) is 24.4 Å². The van der Waals surface area contributed by atoms with E-state index in [1.54, 1.807) is 6.33 Å². The van der Waals surface area contributed by atoms with E-state index in [4.69, 9.17) is 0 Å². The van der Waals surface area contributed by atoms with Gasteiger partial charge in [-0.05, 0) is 6.26 Å². The highest BCUT2D eigenvalue weighted by molar-refractivity contribution is 7.98. The second kappa shape index (κ2) is 5.41. The van der Waals surface area contributed by atoms with Crippen molar-refractivity contribution in [3.8, 4) is 0 Å². The number of imidazole rings is 1. The third-order valence-corrected chi connectivity index (χ3v) is 4.04. The van der Waals surface area contributed by atoms with Crippen molar-refractivity contribution in [1.29, 1.82) is 0 Å². The third kappa shape index (κ3) is 2.64. The lowest BCUT2D eigenvalue weighted by Crippen LogP contribution is -2.35. The molecule has 0 bridgehead atoms. The van der Waals surface area contributed by atoms with Gasteiger partial charge in [0.15, 0.2) is 5.16 Å². The molecule has 0 aromatic carbocycles. The first-order valence-corrected chi connectivity index (χ1v) is 7.73. The molecule has 0 aliphatic carbocycles. The molecule has 2 aromatic rings. The van der Waals surface area contributed by atoms with Crippen LogP contribution >= 0.6 is 11.8 Å². The van der Waals surface area contributed by atoms with Gasteiger partial charge in [0.2, 0.25) is 0 Å². The van der Waals surface area contributed by atoms with E-state index in [2.05, 4.69) is 19.9 Å². The Labute approximate surface area is 121 Å².